The predicted molar refractivity (Wildman–Crippen MR) is 79.2 cm³/mol. The van der Waals surface area contributed by atoms with Gasteiger partial charge in [0.15, 0.2) is 0 Å². The van der Waals surface area contributed by atoms with Crippen molar-refractivity contribution in [2.75, 3.05) is 19.6 Å². The zero-order chi connectivity index (χ0) is 14.5. The molecule has 0 bridgehead atoms. The molecule has 5 nitrogen and oxygen atoms in total. The van der Waals surface area contributed by atoms with E-state index in [0.29, 0.717) is 11.8 Å². The maximum absolute atomic E-state index is 12.4. The molecule has 1 amide bonds. The molecule has 1 aromatic heterocycles. The summed E-state index contributed by atoms with van der Waals surface area (Å²) in [5.74, 6) is 1.45. The van der Waals surface area contributed by atoms with E-state index in [-0.39, 0.29) is 11.9 Å². The molecule has 1 fully saturated rings. The van der Waals surface area contributed by atoms with E-state index in [0.717, 1.165) is 26.2 Å². The highest BCUT2D eigenvalue weighted by molar-refractivity contribution is 5.81. The largest absolute Gasteiger partial charge is 0.341 e. The molecule has 0 spiro atoms. The number of likely N-dealkylation sites (tertiary alicyclic amines) is 1. The number of hydrogen-bond acceptors (Lipinski definition) is 3. The van der Waals surface area contributed by atoms with Gasteiger partial charge in [-0.3, -0.25) is 9.48 Å². The first kappa shape index (κ1) is 15.0. The molecule has 2 heterocycles. The van der Waals surface area contributed by atoms with Crippen molar-refractivity contribution >= 4 is 5.91 Å². The van der Waals surface area contributed by atoms with Crippen molar-refractivity contribution < 1.29 is 4.79 Å². The average Bonchev–Trinajstić information content (AvgIpc) is 2.89. The van der Waals surface area contributed by atoms with Gasteiger partial charge >= 0.3 is 0 Å². The quantitative estimate of drug-likeness (QED) is 0.885. The number of carbonyl (C=O) groups excluding carboxylic acids is 1. The molecule has 3 atom stereocenters. The lowest BCUT2D eigenvalue weighted by molar-refractivity contribution is -0.135. The normalized spacial score (nSPS) is 24.6. The minimum Gasteiger partial charge on any atom is -0.341 e. The van der Waals surface area contributed by atoms with Crippen molar-refractivity contribution in [1.82, 2.24) is 20.0 Å². The van der Waals surface area contributed by atoms with E-state index < -0.39 is 0 Å². The fraction of sp³-hybridized carbons (Fsp3) is 0.733. The smallest absolute Gasteiger partial charge is 0.239 e. The molecule has 0 saturated carbocycles. The summed E-state index contributed by atoms with van der Waals surface area (Å²) in [5.41, 5.74) is 0. The zero-order valence-corrected chi connectivity index (χ0v) is 12.7. The van der Waals surface area contributed by atoms with Crippen LogP contribution >= 0.6 is 0 Å². The van der Waals surface area contributed by atoms with Crippen LogP contribution in [0.1, 0.15) is 27.2 Å². The Morgan fingerprint density at radius 3 is 2.70 bits per heavy atom. The number of carbonyl (C=O) groups is 1. The molecular weight excluding hydrogens is 252 g/mol. The van der Waals surface area contributed by atoms with Crippen molar-refractivity contribution in [3.05, 3.63) is 18.5 Å². The Bertz CT molecular complexity index is 408. The van der Waals surface area contributed by atoms with Crippen molar-refractivity contribution in [3.8, 4) is 0 Å². The number of amides is 1. The van der Waals surface area contributed by atoms with Gasteiger partial charge < -0.3 is 10.2 Å². The lowest BCUT2D eigenvalue weighted by Crippen LogP contribution is -2.50. The van der Waals surface area contributed by atoms with E-state index in [4.69, 9.17) is 0 Å². The van der Waals surface area contributed by atoms with E-state index in [1.54, 1.807) is 6.20 Å². The topological polar surface area (TPSA) is 50.2 Å². The number of nitrogens with zero attached hydrogens (tertiary/aromatic N) is 3. The average molecular weight is 278 g/mol. The van der Waals surface area contributed by atoms with Gasteiger partial charge in [-0.05, 0) is 31.2 Å². The highest BCUT2D eigenvalue weighted by Crippen LogP contribution is 2.21. The van der Waals surface area contributed by atoms with Crippen LogP contribution in [0.3, 0.4) is 0 Å². The summed E-state index contributed by atoms with van der Waals surface area (Å²) >= 11 is 0. The third-order valence-electron chi connectivity index (χ3n) is 3.90. The van der Waals surface area contributed by atoms with Crippen LogP contribution in [0.5, 0.6) is 0 Å². The van der Waals surface area contributed by atoms with Gasteiger partial charge in [-0.1, -0.05) is 13.8 Å². The Morgan fingerprint density at radius 2 is 2.10 bits per heavy atom. The molecule has 1 aliphatic heterocycles. The van der Waals surface area contributed by atoms with Gasteiger partial charge in [0.05, 0.1) is 12.6 Å². The molecule has 0 radical (unpaired) electrons. The second-order valence-corrected chi connectivity index (χ2v) is 6.13. The van der Waals surface area contributed by atoms with Gasteiger partial charge in [-0.2, -0.15) is 5.10 Å². The lowest BCUT2D eigenvalue weighted by atomic mass is 9.91. The second kappa shape index (κ2) is 6.88. The van der Waals surface area contributed by atoms with Gasteiger partial charge in [0.1, 0.15) is 0 Å². The number of aromatic nitrogens is 2. The minimum absolute atomic E-state index is 0.122. The number of rotatable bonds is 5. The standard InChI is InChI=1S/C15H26N4O/c1-12-9-13(2)11-18(10-12)15(20)14(3)16-6-8-19-7-4-5-17-19/h4-5,7,12-14,16H,6,8-11H2,1-3H3/t12-,13+,14-/m1/s1. The van der Waals surface area contributed by atoms with Crippen LogP contribution in [0.2, 0.25) is 0 Å². The summed E-state index contributed by atoms with van der Waals surface area (Å²) in [7, 11) is 0. The number of hydrogen-bond donors (Lipinski definition) is 1. The molecule has 1 N–H and O–H groups in total. The van der Waals surface area contributed by atoms with Crippen molar-refractivity contribution in [3.63, 3.8) is 0 Å². The summed E-state index contributed by atoms with van der Waals surface area (Å²) in [5, 5.41) is 7.44. The third-order valence-corrected chi connectivity index (χ3v) is 3.90. The molecule has 112 valence electrons. The lowest BCUT2D eigenvalue weighted by Gasteiger charge is -2.36. The summed E-state index contributed by atoms with van der Waals surface area (Å²) in [6.45, 7) is 9.75. The molecular formula is C15H26N4O. The summed E-state index contributed by atoms with van der Waals surface area (Å²) < 4.78 is 1.87. The second-order valence-electron chi connectivity index (χ2n) is 6.13. The molecule has 1 aliphatic rings. The summed E-state index contributed by atoms with van der Waals surface area (Å²) in [4.78, 5) is 14.4. The van der Waals surface area contributed by atoms with Gasteiger partial charge in [-0.15, -0.1) is 0 Å². The first-order chi connectivity index (χ1) is 9.56. The van der Waals surface area contributed by atoms with E-state index in [1.165, 1.54) is 6.42 Å². The van der Waals surface area contributed by atoms with E-state index >= 15 is 0 Å². The fourth-order valence-electron chi connectivity index (χ4n) is 3.03. The Kier molecular flexibility index (Phi) is 5.17. The first-order valence-corrected chi connectivity index (χ1v) is 7.56. The number of nitrogens with one attached hydrogen (secondary N) is 1. The Balaban J connectivity index is 1.76. The van der Waals surface area contributed by atoms with Crippen LogP contribution in [-0.4, -0.2) is 46.3 Å². The molecule has 1 saturated heterocycles. The molecule has 1 aromatic rings. The first-order valence-electron chi connectivity index (χ1n) is 7.56. The molecule has 0 aliphatic carbocycles. The van der Waals surface area contributed by atoms with Crippen LogP contribution in [0.15, 0.2) is 18.5 Å². The molecule has 0 unspecified atom stereocenters. The summed E-state index contributed by atoms with van der Waals surface area (Å²) in [6.07, 6.45) is 4.93. The van der Waals surface area contributed by atoms with Gasteiger partial charge in [0.2, 0.25) is 5.91 Å². The van der Waals surface area contributed by atoms with Crippen LogP contribution in [-0.2, 0) is 11.3 Å². The Hall–Kier alpha value is -1.36. The zero-order valence-electron chi connectivity index (χ0n) is 12.7. The Morgan fingerprint density at radius 1 is 1.40 bits per heavy atom. The van der Waals surface area contributed by atoms with E-state index in [1.807, 2.05) is 28.8 Å². The van der Waals surface area contributed by atoms with E-state index in [2.05, 4.69) is 24.3 Å². The maximum atomic E-state index is 12.4. The highest BCUT2D eigenvalue weighted by Gasteiger charge is 2.27. The van der Waals surface area contributed by atoms with Crippen molar-refractivity contribution in [2.24, 2.45) is 11.8 Å². The molecule has 20 heavy (non-hydrogen) atoms. The highest BCUT2D eigenvalue weighted by atomic mass is 16.2. The Labute approximate surface area is 121 Å². The maximum Gasteiger partial charge on any atom is 0.239 e. The van der Waals surface area contributed by atoms with Crippen molar-refractivity contribution in [1.29, 1.82) is 0 Å². The van der Waals surface area contributed by atoms with Gasteiger partial charge in [0, 0.05) is 32.0 Å². The van der Waals surface area contributed by atoms with Crippen LogP contribution in [0.4, 0.5) is 0 Å². The number of piperidine rings is 1. The summed E-state index contributed by atoms with van der Waals surface area (Å²) in [6, 6.07) is 1.79. The predicted octanol–water partition coefficient (Wildman–Crippen LogP) is 1.37. The molecule has 2 rings (SSSR count). The molecule has 0 aromatic carbocycles. The minimum atomic E-state index is -0.122. The molecule has 5 heteroatoms. The SMILES string of the molecule is C[C@@H]1C[C@H](C)CN(C(=O)[C@@H](C)NCCn2cccn2)C1. The fourth-order valence-corrected chi connectivity index (χ4v) is 3.03. The van der Waals surface area contributed by atoms with E-state index in [9.17, 15) is 4.79 Å². The van der Waals surface area contributed by atoms with Crippen LogP contribution in [0, 0.1) is 11.8 Å². The van der Waals surface area contributed by atoms with Crippen LogP contribution < -0.4 is 5.32 Å². The van der Waals surface area contributed by atoms with Gasteiger partial charge in [0.25, 0.3) is 0 Å². The van der Waals surface area contributed by atoms with Crippen LogP contribution in [0.25, 0.3) is 0 Å². The van der Waals surface area contributed by atoms with Crippen molar-refractivity contribution in [2.45, 2.75) is 39.8 Å². The third kappa shape index (κ3) is 4.07. The monoisotopic (exact) mass is 278 g/mol. The van der Waals surface area contributed by atoms with Gasteiger partial charge in [-0.25, -0.2) is 0 Å².